The second kappa shape index (κ2) is 10.1. The van der Waals surface area contributed by atoms with E-state index in [2.05, 4.69) is 5.32 Å². The molecule has 0 atom stereocenters. The molecule has 3 aromatic rings. The molecule has 2 N–H and O–H groups in total. The van der Waals surface area contributed by atoms with Crippen molar-refractivity contribution in [2.45, 2.75) is 6.61 Å². The second-order valence-electron chi connectivity index (χ2n) is 6.51. The van der Waals surface area contributed by atoms with E-state index in [1.807, 2.05) is 24.3 Å². The van der Waals surface area contributed by atoms with Crippen molar-refractivity contribution in [2.75, 3.05) is 7.11 Å². The number of benzene rings is 3. The summed E-state index contributed by atoms with van der Waals surface area (Å²) in [5, 5.41) is 11.6. The first-order valence-corrected chi connectivity index (χ1v) is 9.33. The van der Waals surface area contributed by atoms with Crippen LogP contribution in [0.25, 0.3) is 6.08 Å². The molecule has 0 aliphatic heterocycles. The smallest absolute Gasteiger partial charge is 0.352 e. The third kappa shape index (κ3) is 5.93. The van der Waals surface area contributed by atoms with Gasteiger partial charge in [0.15, 0.2) is 0 Å². The molecule has 158 valence electrons. The lowest BCUT2D eigenvalue weighted by molar-refractivity contribution is -0.132. The number of aliphatic carboxylic acids is 1. The molecule has 3 aromatic carbocycles. The maximum Gasteiger partial charge on any atom is 0.352 e. The topological polar surface area (TPSA) is 84.9 Å². The summed E-state index contributed by atoms with van der Waals surface area (Å²) < 4.78 is 24.7. The maximum absolute atomic E-state index is 13.8. The Morgan fingerprint density at radius 2 is 1.74 bits per heavy atom. The molecule has 0 bridgehead atoms. The van der Waals surface area contributed by atoms with Gasteiger partial charge in [0.25, 0.3) is 5.91 Å². The van der Waals surface area contributed by atoms with E-state index in [1.54, 1.807) is 31.4 Å². The van der Waals surface area contributed by atoms with Gasteiger partial charge in [-0.15, -0.1) is 0 Å². The van der Waals surface area contributed by atoms with Crippen molar-refractivity contribution in [3.05, 3.63) is 101 Å². The Bertz CT molecular complexity index is 1110. The molecule has 0 unspecified atom stereocenters. The highest BCUT2D eigenvalue weighted by Crippen LogP contribution is 2.18. The van der Waals surface area contributed by atoms with Gasteiger partial charge in [-0.2, -0.15) is 0 Å². The molecule has 0 spiro atoms. The van der Waals surface area contributed by atoms with Gasteiger partial charge in [0.1, 0.15) is 29.6 Å². The van der Waals surface area contributed by atoms with E-state index in [1.165, 1.54) is 24.3 Å². The van der Waals surface area contributed by atoms with Crippen LogP contribution in [0.15, 0.2) is 78.5 Å². The fourth-order valence-corrected chi connectivity index (χ4v) is 2.74. The zero-order chi connectivity index (χ0) is 22.2. The Balaban J connectivity index is 1.68. The zero-order valence-corrected chi connectivity index (χ0v) is 16.7. The number of halogens is 1. The van der Waals surface area contributed by atoms with Crippen LogP contribution in [-0.4, -0.2) is 24.1 Å². The molecular formula is C24H20FNO5. The van der Waals surface area contributed by atoms with Crippen molar-refractivity contribution in [3.8, 4) is 11.5 Å². The Morgan fingerprint density at radius 1 is 1.00 bits per heavy atom. The van der Waals surface area contributed by atoms with Gasteiger partial charge in [-0.3, -0.25) is 4.79 Å². The summed E-state index contributed by atoms with van der Waals surface area (Å²) in [6.07, 6.45) is 1.28. The minimum Gasteiger partial charge on any atom is -0.497 e. The fraction of sp³-hybridized carbons (Fsp3) is 0.0833. The number of methoxy groups -OCH3 is 1. The molecule has 31 heavy (non-hydrogen) atoms. The summed E-state index contributed by atoms with van der Waals surface area (Å²) in [5.41, 5.74) is 0.849. The van der Waals surface area contributed by atoms with Gasteiger partial charge in [-0.25, -0.2) is 9.18 Å². The average molecular weight is 421 g/mol. The van der Waals surface area contributed by atoms with Gasteiger partial charge in [0.2, 0.25) is 0 Å². The molecule has 6 nitrogen and oxygen atoms in total. The van der Waals surface area contributed by atoms with Crippen molar-refractivity contribution in [2.24, 2.45) is 0 Å². The zero-order valence-electron chi connectivity index (χ0n) is 16.7. The third-order valence-corrected chi connectivity index (χ3v) is 4.33. The van der Waals surface area contributed by atoms with Crippen LogP contribution in [0.2, 0.25) is 0 Å². The normalized spacial score (nSPS) is 11.0. The number of carboxylic acid groups (broad SMARTS) is 1. The second-order valence-corrected chi connectivity index (χ2v) is 6.51. The molecule has 0 aliphatic carbocycles. The predicted octanol–water partition coefficient (Wildman–Crippen LogP) is 4.27. The van der Waals surface area contributed by atoms with Gasteiger partial charge in [-0.05, 0) is 53.6 Å². The molecule has 0 radical (unpaired) electrons. The van der Waals surface area contributed by atoms with Crippen LogP contribution in [0.1, 0.15) is 21.5 Å². The summed E-state index contributed by atoms with van der Waals surface area (Å²) in [6, 6.07) is 19.5. The molecular weight excluding hydrogens is 401 g/mol. The number of hydrogen-bond acceptors (Lipinski definition) is 4. The number of ether oxygens (including phenoxy) is 2. The van der Waals surface area contributed by atoms with E-state index in [4.69, 9.17) is 9.47 Å². The van der Waals surface area contributed by atoms with Crippen LogP contribution >= 0.6 is 0 Å². The van der Waals surface area contributed by atoms with Crippen LogP contribution < -0.4 is 14.8 Å². The highest BCUT2D eigenvalue weighted by Gasteiger charge is 2.16. The maximum atomic E-state index is 13.8. The minimum atomic E-state index is -1.34. The summed E-state index contributed by atoms with van der Waals surface area (Å²) in [5.74, 6) is -1.59. The highest BCUT2D eigenvalue weighted by molar-refractivity contribution is 6.02. The molecule has 1 amide bonds. The van der Waals surface area contributed by atoms with E-state index in [-0.39, 0.29) is 11.3 Å². The van der Waals surface area contributed by atoms with Crippen molar-refractivity contribution >= 4 is 18.0 Å². The summed E-state index contributed by atoms with van der Waals surface area (Å²) in [4.78, 5) is 23.7. The number of carboxylic acids is 1. The first-order chi connectivity index (χ1) is 15.0. The summed E-state index contributed by atoms with van der Waals surface area (Å²) in [6.45, 7) is 0.339. The lowest BCUT2D eigenvalue weighted by atomic mass is 10.1. The monoisotopic (exact) mass is 421 g/mol. The van der Waals surface area contributed by atoms with Gasteiger partial charge in [-0.1, -0.05) is 36.4 Å². The molecule has 3 rings (SSSR count). The molecule has 0 fully saturated rings. The molecule has 0 heterocycles. The summed E-state index contributed by atoms with van der Waals surface area (Å²) in [7, 11) is 1.59. The standard InChI is InChI=1S/C24H20FNO5/c1-30-19-6-4-5-17(13-19)15-31-18-11-9-16(10-12-18)14-22(24(28)29)26-23(27)20-7-2-3-8-21(20)25/h2-14H,15H2,1H3,(H,26,27)(H,28,29). The van der Waals surface area contributed by atoms with Gasteiger partial charge in [0.05, 0.1) is 12.7 Å². The molecule has 7 heteroatoms. The molecule has 0 aromatic heterocycles. The van der Waals surface area contributed by atoms with Crippen molar-refractivity contribution < 1.29 is 28.6 Å². The number of amides is 1. The highest BCUT2D eigenvalue weighted by atomic mass is 19.1. The van der Waals surface area contributed by atoms with E-state index in [0.717, 1.165) is 17.4 Å². The Morgan fingerprint density at radius 3 is 2.42 bits per heavy atom. The van der Waals surface area contributed by atoms with Crippen LogP contribution in [0.5, 0.6) is 11.5 Å². The van der Waals surface area contributed by atoms with Gasteiger partial charge < -0.3 is 19.9 Å². The minimum absolute atomic E-state index is 0.240. The average Bonchev–Trinajstić information content (AvgIpc) is 2.78. The van der Waals surface area contributed by atoms with Crippen LogP contribution in [0.4, 0.5) is 4.39 Å². The largest absolute Gasteiger partial charge is 0.497 e. The first-order valence-electron chi connectivity index (χ1n) is 9.33. The van der Waals surface area contributed by atoms with E-state index >= 15 is 0 Å². The van der Waals surface area contributed by atoms with Gasteiger partial charge in [0, 0.05) is 0 Å². The molecule has 0 saturated heterocycles. The van der Waals surface area contributed by atoms with E-state index in [9.17, 15) is 19.1 Å². The van der Waals surface area contributed by atoms with Gasteiger partial charge >= 0.3 is 5.97 Å². The molecule has 0 saturated carbocycles. The van der Waals surface area contributed by atoms with E-state index < -0.39 is 17.7 Å². The number of nitrogens with one attached hydrogen (secondary N) is 1. The predicted molar refractivity (Wildman–Crippen MR) is 113 cm³/mol. The number of hydrogen-bond donors (Lipinski definition) is 2. The first kappa shape index (κ1) is 21.6. The lowest BCUT2D eigenvalue weighted by Gasteiger charge is -2.09. The Kier molecular flexibility index (Phi) is 7.01. The van der Waals surface area contributed by atoms with Crippen LogP contribution in [-0.2, 0) is 11.4 Å². The summed E-state index contributed by atoms with van der Waals surface area (Å²) >= 11 is 0. The van der Waals surface area contributed by atoms with Crippen molar-refractivity contribution in [1.29, 1.82) is 0 Å². The number of rotatable bonds is 8. The van der Waals surface area contributed by atoms with Crippen LogP contribution in [0.3, 0.4) is 0 Å². The third-order valence-electron chi connectivity index (χ3n) is 4.33. The van der Waals surface area contributed by atoms with Crippen LogP contribution in [0, 0.1) is 5.82 Å². The lowest BCUT2D eigenvalue weighted by Crippen LogP contribution is -2.27. The SMILES string of the molecule is COc1cccc(COc2ccc(C=C(NC(=O)c3ccccc3F)C(=O)O)cc2)c1. The Labute approximate surface area is 178 Å². The number of carbonyl (C=O) groups is 2. The quantitative estimate of drug-likeness (QED) is 0.531. The fourth-order valence-electron chi connectivity index (χ4n) is 2.74. The molecule has 0 aliphatic rings. The van der Waals surface area contributed by atoms with E-state index in [0.29, 0.717) is 17.9 Å². The number of carbonyl (C=O) groups excluding carboxylic acids is 1. The van der Waals surface area contributed by atoms with Crippen molar-refractivity contribution in [3.63, 3.8) is 0 Å². The Hall–Kier alpha value is -4.13. The van der Waals surface area contributed by atoms with Crippen molar-refractivity contribution in [1.82, 2.24) is 5.32 Å².